The molecule has 7 rings (SSSR count). The second-order valence-corrected chi connectivity index (χ2v) is 14.2. The number of benzene rings is 2. The van der Waals surface area contributed by atoms with Crippen LogP contribution in [0.25, 0.3) is 0 Å². The lowest BCUT2D eigenvalue weighted by atomic mass is 9.98. The van der Waals surface area contributed by atoms with Crippen LogP contribution in [-0.4, -0.2) is 75.2 Å². The predicted octanol–water partition coefficient (Wildman–Crippen LogP) is 8.44. The van der Waals surface area contributed by atoms with Crippen molar-refractivity contribution >= 4 is 24.1 Å². The zero-order valence-corrected chi connectivity index (χ0v) is 32.9. The van der Waals surface area contributed by atoms with Crippen LogP contribution in [-0.2, 0) is 41.9 Å². The number of carbonyl (C=O) groups is 2. The second kappa shape index (κ2) is 22.8. The fraction of sp³-hybridized carbons (Fsp3) is 0.488. The number of carbonyl (C=O) groups excluding carboxylic acids is 2. The molecule has 0 spiro atoms. The molecule has 2 aromatic carbocycles. The third kappa shape index (κ3) is 13.9. The van der Waals surface area contributed by atoms with E-state index in [0.717, 1.165) is 93.9 Å². The Morgan fingerprint density at radius 2 is 1.77 bits per heavy atom. The Bertz CT molecular complexity index is 1660. The molecule has 0 radical (unpaired) electrons. The summed E-state index contributed by atoms with van der Waals surface area (Å²) in [6.07, 6.45) is 16.5. The van der Waals surface area contributed by atoms with Gasteiger partial charge in [0.2, 0.25) is 6.41 Å². The number of amides is 2. The maximum Gasteiger partial charge on any atom is 0.410 e. The highest BCUT2D eigenvalue weighted by molar-refractivity contribution is 6.30. The van der Waals surface area contributed by atoms with Crippen molar-refractivity contribution in [3.63, 3.8) is 0 Å². The van der Waals surface area contributed by atoms with Crippen molar-refractivity contribution in [2.75, 3.05) is 26.2 Å². The normalized spacial score (nSPS) is 16.4. The lowest BCUT2D eigenvalue weighted by Gasteiger charge is -2.34. The number of fused-ring (bicyclic) bond motifs is 2. The predicted molar refractivity (Wildman–Crippen MR) is 214 cm³/mol. The molecule has 2 aliphatic carbocycles. The molecule has 3 heterocycles. The molecular formula is C43H59ClN6O3. The Morgan fingerprint density at radius 1 is 1.00 bits per heavy atom. The summed E-state index contributed by atoms with van der Waals surface area (Å²) in [6, 6.07) is 20.7. The van der Waals surface area contributed by atoms with Crippen molar-refractivity contribution in [3.05, 3.63) is 118 Å². The molecule has 1 unspecified atom stereocenters. The van der Waals surface area contributed by atoms with Crippen molar-refractivity contribution in [2.24, 2.45) is 0 Å². The SMILES string of the molecule is CC.CC1CNCCN1C(=O)OC1CCCCC1.Cc1cn(CCCN(C=O)Cc2ccccc2)cn1.Clc1ccc2c(c1)CCc1cccnc1C2. The van der Waals surface area contributed by atoms with E-state index < -0.39 is 0 Å². The molecule has 1 aliphatic heterocycles. The van der Waals surface area contributed by atoms with Crippen LogP contribution >= 0.6 is 11.6 Å². The first-order valence-electron chi connectivity index (χ1n) is 19.5. The summed E-state index contributed by atoms with van der Waals surface area (Å²) in [4.78, 5) is 35.3. The summed E-state index contributed by atoms with van der Waals surface area (Å²) >= 11 is 6.03. The molecule has 0 bridgehead atoms. The number of pyridine rings is 1. The number of aryl methyl sites for hydroxylation is 4. The van der Waals surface area contributed by atoms with Crippen LogP contribution in [0.3, 0.4) is 0 Å². The number of imidazole rings is 1. The smallest absolute Gasteiger partial charge is 0.410 e. The molecule has 3 aliphatic rings. The van der Waals surface area contributed by atoms with Gasteiger partial charge in [0.05, 0.1) is 12.0 Å². The van der Waals surface area contributed by atoms with Crippen molar-refractivity contribution in [1.29, 1.82) is 0 Å². The van der Waals surface area contributed by atoms with E-state index in [0.29, 0.717) is 6.54 Å². The van der Waals surface area contributed by atoms with E-state index in [-0.39, 0.29) is 18.2 Å². The van der Waals surface area contributed by atoms with Crippen molar-refractivity contribution in [3.8, 4) is 0 Å². The number of nitrogens with one attached hydrogen (secondary N) is 1. The minimum Gasteiger partial charge on any atom is -0.446 e. The molecule has 1 N–H and O–H groups in total. The fourth-order valence-electron chi connectivity index (χ4n) is 6.85. The lowest BCUT2D eigenvalue weighted by molar-refractivity contribution is -0.118. The summed E-state index contributed by atoms with van der Waals surface area (Å²) in [5.41, 5.74) is 7.50. The average molecular weight is 743 g/mol. The number of ether oxygens (including phenoxy) is 1. The van der Waals surface area contributed by atoms with E-state index in [4.69, 9.17) is 16.3 Å². The number of nitrogens with zero attached hydrogens (tertiary/aromatic N) is 5. The molecule has 1 atom stereocenters. The Hall–Kier alpha value is -4.21. The molecule has 4 aromatic rings. The number of piperazine rings is 1. The molecule has 53 heavy (non-hydrogen) atoms. The summed E-state index contributed by atoms with van der Waals surface area (Å²) < 4.78 is 7.62. The molecule has 2 fully saturated rings. The van der Waals surface area contributed by atoms with Crippen molar-refractivity contribution in [1.82, 2.24) is 29.7 Å². The number of halogens is 1. The summed E-state index contributed by atoms with van der Waals surface area (Å²) in [7, 11) is 0. The Labute approximate surface area is 322 Å². The van der Waals surface area contributed by atoms with Gasteiger partial charge in [-0.2, -0.15) is 0 Å². The van der Waals surface area contributed by atoms with Gasteiger partial charge >= 0.3 is 6.09 Å². The monoisotopic (exact) mass is 742 g/mol. The summed E-state index contributed by atoms with van der Waals surface area (Å²) in [5.74, 6) is 0. The van der Waals surface area contributed by atoms with Crippen LogP contribution in [0.4, 0.5) is 4.79 Å². The third-order valence-electron chi connectivity index (χ3n) is 9.73. The van der Waals surface area contributed by atoms with Gasteiger partial charge in [-0.05, 0) is 99.2 Å². The number of rotatable bonds is 8. The highest BCUT2D eigenvalue weighted by atomic mass is 35.5. The standard InChI is InChI=1S/C15H19N3O.C14H12ClN.C12H22N2O2.C2H6/c1-14-10-17(12-16-14)8-5-9-18(13-19)11-15-6-3-2-4-7-15;15-13-6-5-12-9-14-10(2-1-7-16-14)3-4-11(12)8-13;1-10-9-13-7-8-14(10)12(15)16-11-5-3-2-4-6-11;1-2/h2-4,6-7,10,12-13H,5,8-9,11H2,1H3;1-2,5-8H,3-4,9H2;10-11,13H,2-9H2,1H3;1-2H3. The minimum atomic E-state index is -0.110. The van der Waals surface area contributed by atoms with E-state index in [1.807, 2.05) is 86.9 Å². The molecule has 1 saturated carbocycles. The van der Waals surface area contributed by atoms with Gasteiger partial charge in [-0.3, -0.25) is 9.78 Å². The quantitative estimate of drug-likeness (QED) is 0.182. The average Bonchev–Trinajstić information content (AvgIpc) is 3.52. The third-order valence-corrected chi connectivity index (χ3v) is 9.97. The van der Waals surface area contributed by atoms with Gasteiger partial charge in [0.15, 0.2) is 0 Å². The van der Waals surface area contributed by atoms with Crippen LogP contribution in [0.1, 0.15) is 92.9 Å². The van der Waals surface area contributed by atoms with Gasteiger partial charge in [0, 0.05) is 74.8 Å². The summed E-state index contributed by atoms with van der Waals surface area (Å²) in [5, 5.41) is 4.10. The van der Waals surface area contributed by atoms with Crippen molar-refractivity contribution in [2.45, 2.75) is 111 Å². The number of hydrogen-bond acceptors (Lipinski definition) is 6. The van der Waals surface area contributed by atoms with Gasteiger partial charge in [-0.25, -0.2) is 9.78 Å². The Morgan fingerprint density at radius 3 is 2.49 bits per heavy atom. The van der Waals surface area contributed by atoms with Crippen molar-refractivity contribution < 1.29 is 14.3 Å². The maximum absolute atomic E-state index is 12.0. The first-order chi connectivity index (χ1) is 25.9. The Kier molecular flexibility index (Phi) is 17.8. The fourth-order valence-corrected chi connectivity index (χ4v) is 7.05. The van der Waals surface area contributed by atoms with Crippen LogP contribution in [0.2, 0.25) is 5.02 Å². The van der Waals surface area contributed by atoms with Gasteiger partial charge in [-0.15, -0.1) is 0 Å². The molecule has 1 saturated heterocycles. The number of aromatic nitrogens is 3. The van der Waals surface area contributed by atoms with Gasteiger partial charge in [-0.1, -0.05) is 74.3 Å². The van der Waals surface area contributed by atoms with Crippen LogP contribution in [0.5, 0.6) is 0 Å². The molecule has 2 aromatic heterocycles. The molecule has 286 valence electrons. The van der Waals surface area contributed by atoms with E-state index in [9.17, 15) is 9.59 Å². The molecule has 2 amide bonds. The second-order valence-electron chi connectivity index (χ2n) is 13.8. The van der Waals surface area contributed by atoms with E-state index in [1.165, 1.54) is 41.6 Å². The minimum absolute atomic E-state index is 0.110. The van der Waals surface area contributed by atoms with E-state index in [2.05, 4.69) is 45.0 Å². The van der Waals surface area contributed by atoms with Crippen LogP contribution < -0.4 is 5.32 Å². The zero-order valence-electron chi connectivity index (χ0n) is 32.2. The highest BCUT2D eigenvalue weighted by Gasteiger charge is 2.27. The van der Waals surface area contributed by atoms with E-state index >= 15 is 0 Å². The molecule has 10 heteroatoms. The van der Waals surface area contributed by atoms with E-state index in [1.54, 1.807) is 4.90 Å². The highest BCUT2D eigenvalue weighted by Crippen LogP contribution is 2.25. The first-order valence-corrected chi connectivity index (χ1v) is 19.9. The topological polar surface area (TPSA) is 92.6 Å². The zero-order chi connectivity index (χ0) is 37.8. The summed E-state index contributed by atoms with van der Waals surface area (Å²) in [6.45, 7) is 12.9. The lowest BCUT2D eigenvalue weighted by Crippen LogP contribution is -2.52. The first kappa shape index (κ1) is 41.5. The number of hydrogen-bond donors (Lipinski definition) is 1. The van der Waals surface area contributed by atoms with Crippen LogP contribution in [0.15, 0.2) is 79.4 Å². The molecule has 9 nitrogen and oxygen atoms in total. The van der Waals surface area contributed by atoms with Gasteiger partial charge in [0.25, 0.3) is 0 Å². The van der Waals surface area contributed by atoms with Gasteiger partial charge in [0.1, 0.15) is 6.10 Å². The largest absolute Gasteiger partial charge is 0.446 e. The maximum atomic E-state index is 12.0. The van der Waals surface area contributed by atoms with Gasteiger partial charge < -0.3 is 24.4 Å². The molecular weight excluding hydrogens is 684 g/mol. The van der Waals surface area contributed by atoms with Crippen LogP contribution in [0, 0.1) is 6.92 Å². The Balaban J connectivity index is 0.000000174.